The van der Waals surface area contributed by atoms with Crippen LogP contribution in [0.5, 0.6) is 5.75 Å². The Kier molecular flexibility index (Phi) is 3.70. The molecule has 126 valence electrons. The fraction of sp³-hybridized carbons (Fsp3) is 0.471. The van der Waals surface area contributed by atoms with E-state index in [1.54, 1.807) is 17.0 Å². The largest absolute Gasteiger partial charge is 0.477 e. The van der Waals surface area contributed by atoms with Crippen molar-refractivity contribution >= 4 is 5.91 Å². The number of aromatic nitrogens is 2. The number of rotatable bonds is 3. The highest BCUT2D eigenvalue weighted by atomic mass is 19.1. The number of halogens is 1. The van der Waals surface area contributed by atoms with E-state index in [1.807, 2.05) is 6.92 Å². The molecule has 2 aliphatic rings. The Labute approximate surface area is 138 Å². The number of ether oxygens (including phenoxy) is 1. The van der Waals surface area contributed by atoms with Gasteiger partial charge in [0.1, 0.15) is 0 Å². The number of hydrogen-bond acceptors (Lipinski definition) is 5. The quantitative estimate of drug-likeness (QED) is 0.864. The lowest BCUT2D eigenvalue weighted by atomic mass is 10.1. The molecular weight excluding hydrogens is 313 g/mol. The van der Waals surface area contributed by atoms with Crippen molar-refractivity contribution in [3.05, 3.63) is 41.3 Å². The molecule has 2 aliphatic heterocycles. The molecule has 0 unspecified atom stereocenters. The fourth-order valence-electron chi connectivity index (χ4n) is 3.40. The van der Waals surface area contributed by atoms with E-state index in [9.17, 15) is 9.18 Å². The van der Waals surface area contributed by atoms with E-state index in [0.717, 1.165) is 18.4 Å². The van der Waals surface area contributed by atoms with E-state index < -0.39 is 11.9 Å². The monoisotopic (exact) mass is 331 g/mol. The SMILES string of the molecule is CCc1nc([C@H]2CCCN2C(=O)[C@@H]2Cc3cccc(F)c3O2)no1. The molecule has 1 aromatic carbocycles. The Morgan fingerprint density at radius 1 is 1.46 bits per heavy atom. The first kappa shape index (κ1) is 15.1. The molecule has 24 heavy (non-hydrogen) atoms. The van der Waals surface area contributed by atoms with Crippen molar-refractivity contribution in [1.29, 1.82) is 0 Å². The van der Waals surface area contributed by atoms with Crippen molar-refractivity contribution in [3.63, 3.8) is 0 Å². The Bertz CT molecular complexity index is 776. The number of carbonyl (C=O) groups excluding carboxylic acids is 1. The maximum Gasteiger partial charge on any atom is 0.264 e. The number of aryl methyl sites for hydroxylation is 1. The minimum Gasteiger partial charge on any atom is -0.477 e. The molecule has 0 radical (unpaired) electrons. The molecule has 1 amide bonds. The van der Waals surface area contributed by atoms with Crippen LogP contribution in [-0.4, -0.2) is 33.6 Å². The number of para-hydroxylation sites is 1. The molecule has 4 rings (SSSR count). The summed E-state index contributed by atoms with van der Waals surface area (Å²) in [6.07, 6.45) is 2.04. The lowest BCUT2D eigenvalue weighted by molar-refractivity contribution is -0.139. The van der Waals surface area contributed by atoms with Crippen molar-refractivity contribution in [1.82, 2.24) is 15.0 Å². The molecule has 0 aliphatic carbocycles. The van der Waals surface area contributed by atoms with Gasteiger partial charge in [-0.3, -0.25) is 4.79 Å². The number of fused-ring (bicyclic) bond motifs is 1. The van der Waals surface area contributed by atoms with Crippen LogP contribution in [0.1, 0.15) is 43.1 Å². The molecule has 2 aromatic rings. The van der Waals surface area contributed by atoms with Gasteiger partial charge in [-0.05, 0) is 18.9 Å². The molecule has 0 saturated carbocycles. The smallest absolute Gasteiger partial charge is 0.264 e. The van der Waals surface area contributed by atoms with E-state index >= 15 is 0 Å². The second-order valence-electron chi connectivity index (χ2n) is 6.13. The van der Waals surface area contributed by atoms with Gasteiger partial charge >= 0.3 is 0 Å². The number of likely N-dealkylation sites (tertiary alicyclic amines) is 1. The third-order valence-corrected chi connectivity index (χ3v) is 4.61. The highest BCUT2D eigenvalue weighted by Crippen LogP contribution is 2.35. The lowest BCUT2D eigenvalue weighted by Crippen LogP contribution is -2.41. The summed E-state index contributed by atoms with van der Waals surface area (Å²) in [7, 11) is 0. The van der Waals surface area contributed by atoms with Gasteiger partial charge in [-0.1, -0.05) is 24.2 Å². The second-order valence-corrected chi connectivity index (χ2v) is 6.13. The maximum absolute atomic E-state index is 13.8. The number of nitrogens with zero attached hydrogens (tertiary/aromatic N) is 3. The van der Waals surface area contributed by atoms with Gasteiger partial charge in [-0.2, -0.15) is 4.98 Å². The van der Waals surface area contributed by atoms with Crippen LogP contribution < -0.4 is 4.74 Å². The molecule has 1 aromatic heterocycles. The first-order valence-electron chi connectivity index (χ1n) is 8.24. The van der Waals surface area contributed by atoms with Gasteiger partial charge in [-0.15, -0.1) is 0 Å². The van der Waals surface area contributed by atoms with Gasteiger partial charge in [0.2, 0.25) is 5.89 Å². The minimum absolute atomic E-state index is 0.143. The Balaban J connectivity index is 1.53. The lowest BCUT2D eigenvalue weighted by Gasteiger charge is -2.25. The van der Waals surface area contributed by atoms with E-state index in [1.165, 1.54) is 6.07 Å². The number of hydrogen-bond donors (Lipinski definition) is 0. The van der Waals surface area contributed by atoms with Crippen LogP contribution >= 0.6 is 0 Å². The molecule has 0 spiro atoms. The average molecular weight is 331 g/mol. The fourth-order valence-corrected chi connectivity index (χ4v) is 3.40. The number of benzene rings is 1. The van der Waals surface area contributed by atoms with Crippen LogP contribution in [0, 0.1) is 5.82 Å². The van der Waals surface area contributed by atoms with Gasteiger partial charge < -0.3 is 14.2 Å². The molecule has 1 saturated heterocycles. The molecular formula is C17H18FN3O3. The van der Waals surface area contributed by atoms with Crippen molar-refractivity contribution in [2.24, 2.45) is 0 Å². The van der Waals surface area contributed by atoms with E-state index in [2.05, 4.69) is 10.1 Å². The van der Waals surface area contributed by atoms with Crippen molar-refractivity contribution in [3.8, 4) is 5.75 Å². The predicted octanol–water partition coefficient (Wildman–Crippen LogP) is 2.44. The summed E-state index contributed by atoms with van der Waals surface area (Å²) in [6.45, 7) is 2.56. The van der Waals surface area contributed by atoms with Crippen LogP contribution in [-0.2, 0) is 17.6 Å². The van der Waals surface area contributed by atoms with Crippen LogP contribution in [0.25, 0.3) is 0 Å². The summed E-state index contributed by atoms with van der Waals surface area (Å²) in [4.78, 5) is 19.0. The summed E-state index contributed by atoms with van der Waals surface area (Å²) >= 11 is 0. The Morgan fingerprint density at radius 3 is 3.08 bits per heavy atom. The third-order valence-electron chi connectivity index (χ3n) is 4.61. The van der Waals surface area contributed by atoms with Crippen molar-refractivity contribution in [2.75, 3.05) is 6.54 Å². The first-order chi connectivity index (χ1) is 11.7. The standard InChI is InChI=1S/C17H18FN3O3/c1-2-14-19-16(20-24-14)12-7-4-8-21(12)17(22)13-9-10-5-3-6-11(18)15(10)23-13/h3,5-6,12-13H,2,4,7-9H2,1H3/t12-,13+/m1/s1. The highest BCUT2D eigenvalue weighted by molar-refractivity contribution is 5.83. The summed E-state index contributed by atoms with van der Waals surface area (Å²) in [6, 6.07) is 4.57. The van der Waals surface area contributed by atoms with Crippen molar-refractivity contribution < 1.29 is 18.4 Å². The summed E-state index contributed by atoms with van der Waals surface area (Å²) in [5, 5.41) is 4.00. The second kappa shape index (κ2) is 5.89. The summed E-state index contributed by atoms with van der Waals surface area (Å²) in [5.74, 6) is 0.734. The van der Waals surface area contributed by atoms with E-state index in [0.29, 0.717) is 31.1 Å². The zero-order chi connectivity index (χ0) is 16.7. The zero-order valence-corrected chi connectivity index (χ0v) is 13.4. The number of carbonyl (C=O) groups is 1. The van der Waals surface area contributed by atoms with Gasteiger partial charge in [0.25, 0.3) is 5.91 Å². The molecule has 7 heteroatoms. The van der Waals surface area contributed by atoms with Crippen molar-refractivity contribution in [2.45, 2.75) is 44.8 Å². The van der Waals surface area contributed by atoms with Crippen LogP contribution in [0.4, 0.5) is 4.39 Å². The molecule has 0 bridgehead atoms. The molecule has 0 N–H and O–H groups in total. The topological polar surface area (TPSA) is 68.5 Å². The van der Waals surface area contributed by atoms with Crippen LogP contribution in [0.3, 0.4) is 0 Å². The average Bonchev–Trinajstić information content (AvgIpc) is 3.31. The van der Waals surface area contributed by atoms with Crippen LogP contribution in [0.15, 0.2) is 22.7 Å². The molecule has 1 fully saturated rings. The van der Waals surface area contributed by atoms with Gasteiger partial charge in [-0.25, -0.2) is 4.39 Å². The van der Waals surface area contributed by atoms with E-state index in [4.69, 9.17) is 9.26 Å². The summed E-state index contributed by atoms with van der Waals surface area (Å²) in [5.41, 5.74) is 0.733. The summed E-state index contributed by atoms with van der Waals surface area (Å²) < 4.78 is 24.6. The van der Waals surface area contributed by atoms with Crippen LogP contribution in [0.2, 0.25) is 0 Å². The normalized spacial score (nSPS) is 22.5. The van der Waals surface area contributed by atoms with Gasteiger partial charge in [0.15, 0.2) is 23.5 Å². The molecule has 6 nitrogen and oxygen atoms in total. The maximum atomic E-state index is 13.8. The minimum atomic E-state index is -0.685. The molecule has 2 atom stereocenters. The predicted molar refractivity (Wildman–Crippen MR) is 81.9 cm³/mol. The Hall–Kier alpha value is -2.44. The highest BCUT2D eigenvalue weighted by Gasteiger charge is 2.40. The first-order valence-corrected chi connectivity index (χ1v) is 8.24. The zero-order valence-electron chi connectivity index (χ0n) is 13.4. The van der Waals surface area contributed by atoms with E-state index in [-0.39, 0.29) is 17.7 Å². The Morgan fingerprint density at radius 2 is 2.33 bits per heavy atom. The van der Waals surface area contributed by atoms with Gasteiger partial charge in [0, 0.05) is 24.9 Å². The third kappa shape index (κ3) is 2.44. The van der Waals surface area contributed by atoms with Gasteiger partial charge in [0.05, 0.1) is 6.04 Å². The number of amides is 1. The molecule has 3 heterocycles.